The number of amides is 1. The summed E-state index contributed by atoms with van der Waals surface area (Å²) in [5, 5.41) is 6.77. The summed E-state index contributed by atoms with van der Waals surface area (Å²) in [5.41, 5.74) is 0. The first-order chi connectivity index (χ1) is 6.61. The molecular formula is C10H15N3O. The number of rotatable bonds is 4. The number of hydrogen-bond donors (Lipinski definition) is 1. The average Bonchev–Trinajstić information content (AvgIpc) is 2.51. The van der Waals surface area contributed by atoms with E-state index in [1.165, 1.54) is 6.08 Å². The first kappa shape index (κ1) is 10.5. The molecule has 0 saturated heterocycles. The van der Waals surface area contributed by atoms with Crippen LogP contribution < -0.4 is 5.32 Å². The second-order valence-corrected chi connectivity index (χ2v) is 3.51. The van der Waals surface area contributed by atoms with Gasteiger partial charge in [0.2, 0.25) is 5.91 Å². The number of carbonyl (C=O) groups is 1. The Morgan fingerprint density at radius 1 is 1.79 bits per heavy atom. The van der Waals surface area contributed by atoms with Crippen LogP contribution in [0.3, 0.4) is 0 Å². The molecule has 0 saturated carbocycles. The van der Waals surface area contributed by atoms with Gasteiger partial charge < -0.3 is 5.32 Å². The molecule has 76 valence electrons. The predicted molar refractivity (Wildman–Crippen MR) is 55.9 cm³/mol. The fraction of sp³-hybridized carbons (Fsp3) is 0.400. The summed E-state index contributed by atoms with van der Waals surface area (Å²) in [7, 11) is 0. The molecule has 1 rings (SSSR count). The Hall–Kier alpha value is -1.58. The van der Waals surface area contributed by atoms with Gasteiger partial charge in [-0.2, -0.15) is 5.10 Å². The van der Waals surface area contributed by atoms with Crippen molar-refractivity contribution in [1.82, 2.24) is 9.78 Å². The van der Waals surface area contributed by atoms with Gasteiger partial charge in [0.15, 0.2) is 5.82 Å². The molecule has 1 amide bonds. The Morgan fingerprint density at radius 2 is 2.50 bits per heavy atom. The molecule has 4 heteroatoms. The van der Waals surface area contributed by atoms with E-state index >= 15 is 0 Å². The molecule has 1 aromatic rings. The van der Waals surface area contributed by atoms with Gasteiger partial charge in [0, 0.05) is 18.8 Å². The zero-order chi connectivity index (χ0) is 10.6. The Balaban J connectivity index is 2.59. The molecule has 0 bridgehead atoms. The zero-order valence-corrected chi connectivity index (χ0v) is 8.53. The monoisotopic (exact) mass is 193 g/mol. The maximum absolute atomic E-state index is 10.9. The molecule has 0 aliphatic rings. The fourth-order valence-electron chi connectivity index (χ4n) is 1.08. The van der Waals surface area contributed by atoms with E-state index in [1.807, 2.05) is 10.9 Å². The highest BCUT2D eigenvalue weighted by Gasteiger charge is 2.02. The quantitative estimate of drug-likeness (QED) is 0.739. The van der Waals surface area contributed by atoms with Crippen molar-refractivity contribution in [2.45, 2.75) is 20.4 Å². The lowest BCUT2D eigenvalue weighted by molar-refractivity contribution is -0.111. The summed E-state index contributed by atoms with van der Waals surface area (Å²) in [6.07, 6.45) is 3.07. The van der Waals surface area contributed by atoms with Crippen molar-refractivity contribution in [3.8, 4) is 0 Å². The minimum atomic E-state index is -0.236. The number of nitrogens with one attached hydrogen (secondary N) is 1. The molecule has 1 aromatic heterocycles. The number of anilines is 1. The van der Waals surface area contributed by atoms with Crippen LogP contribution in [0.1, 0.15) is 13.8 Å². The van der Waals surface area contributed by atoms with Gasteiger partial charge in [-0.3, -0.25) is 9.48 Å². The zero-order valence-electron chi connectivity index (χ0n) is 8.53. The first-order valence-electron chi connectivity index (χ1n) is 4.58. The number of carbonyl (C=O) groups excluding carboxylic acids is 1. The van der Waals surface area contributed by atoms with Crippen molar-refractivity contribution < 1.29 is 4.79 Å². The molecule has 1 heterocycles. The van der Waals surface area contributed by atoms with Crippen LogP contribution in [0.15, 0.2) is 24.9 Å². The summed E-state index contributed by atoms with van der Waals surface area (Å²) < 4.78 is 1.81. The number of nitrogens with zero attached hydrogens (tertiary/aromatic N) is 2. The number of aromatic nitrogens is 2. The molecule has 14 heavy (non-hydrogen) atoms. The maximum atomic E-state index is 10.9. The largest absolute Gasteiger partial charge is 0.306 e. The van der Waals surface area contributed by atoms with E-state index in [0.717, 1.165) is 6.54 Å². The Morgan fingerprint density at radius 3 is 3.07 bits per heavy atom. The third-order valence-electron chi connectivity index (χ3n) is 1.63. The van der Waals surface area contributed by atoms with Crippen molar-refractivity contribution in [3.05, 3.63) is 24.9 Å². The molecule has 1 N–H and O–H groups in total. The Bertz CT molecular complexity index is 328. The molecule has 4 nitrogen and oxygen atoms in total. The van der Waals surface area contributed by atoms with Gasteiger partial charge in [-0.15, -0.1) is 0 Å². The van der Waals surface area contributed by atoms with Crippen LogP contribution in [0, 0.1) is 5.92 Å². The van der Waals surface area contributed by atoms with E-state index in [1.54, 1.807) is 6.07 Å². The fourth-order valence-corrected chi connectivity index (χ4v) is 1.08. The molecule has 0 atom stereocenters. The summed E-state index contributed by atoms with van der Waals surface area (Å²) in [6.45, 7) is 8.45. The van der Waals surface area contributed by atoms with E-state index < -0.39 is 0 Å². The van der Waals surface area contributed by atoms with Gasteiger partial charge in [0.1, 0.15) is 0 Å². The van der Waals surface area contributed by atoms with Crippen LogP contribution >= 0.6 is 0 Å². The lowest BCUT2D eigenvalue weighted by Crippen LogP contribution is -2.09. The molecule has 0 aliphatic heterocycles. The lowest BCUT2D eigenvalue weighted by Gasteiger charge is -2.03. The molecular weight excluding hydrogens is 178 g/mol. The van der Waals surface area contributed by atoms with E-state index in [-0.39, 0.29) is 5.91 Å². The van der Waals surface area contributed by atoms with Gasteiger partial charge in [-0.25, -0.2) is 0 Å². The highest BCUT2D eigenvalue weighted by molar-refractivity contribution is 5.98. The Labute approximate surface area is 83.6 Å². The summed E-state index contributed by atoms with van der Waals surface area (Å²) in [5.74, 6) is 0.869. The maximum Gasteiger partial charge on any atom is 0.248 e. The molecule has 0 fully saturated rings. The van der Waals surface area contributed by atoms with Crippen molar-refractivity contribution >= 4 is 11.7 Å². The summed E-state index contributed by atoms with van der Waals surface area (Å²) >= 11 is 0. The van der Waals surface area contributed by atoms with Crippen LogP contribution in [-0.4, -0.2) is 15.7 Å². The van der Waals surface area contributed by atoms with Crippen LogP contribution in [0.4, 0.5) is 5.82 Å². The van der Waals surface area contributed by atoms with Gasteiger partial charge in [-0.05, 0) is 12.0 Å². The van der Waals surface area contributed by atoms with Crippen LogP contribution in [-0.2, 0) is 11.3 Å². The van der Waals surface area contributed by atoms with Crippen molar-refractivity contribution in [2.75, 3.05) is 5.32 Å². The predicted octanol–water partition coefficient (Wildman–Crippen LogP) is 1.66. The topological polar surface area (TPSA) is 46.9 Å². The molecule has 0 unspecified atom stereocenters. The molecule has 0 aliphatic carbocycles. The van der Waals surface area contributed by atoms with Crippen molar-refractivity contribution in [3.63, 3.8) is 0 Å². The van der Waals surface area contributed by atoms with Crippen LogP contribution in [0.5, 0.6) is 0 Å². The van der Waals surface area contributed by atoms with E-state index in [4.69, 9.17) is 0 Å². The van der Waals surface area contributed by atoms with Gasteiger partial charge in [0.05, 0.1) is 0 Å². The third-order valence-corrected chi connectivity index (χ3v) is 1.63. The minimum absolute atomic E-state index is 0.236. The average molecular weight is 193 g/mol. The van der Waals surface area contributed by atoms with Crippen molar-refractivity contribution in [1.29, 1.82) is 0 Å². The molecule has 0 radical (unpaired) electrons. The highest BCUT2D eigenvalue weighted by Crippen LogP contribution is 2.04. The SMILES string of the molecule is C=CC(=O)Nc1ccn(CC(C)C)n1. The number of hydrogen-bond acceptors (Lipinski definition) is 2. The second-order valence-electron chi connectivity index (χ2n) is 3.51. The van der Waals surface area contributed by atoms with E-state index in [0.29, 0.717) is 11.7 Å². The molecule has 0 aromatic carbocycles. The third kappa shape index (κ3) is 3.05. The smallest absolute Gasteiger partial charge is 0.248 e. The normalized spacial score (nSPS) is 10.2. The summed E-state index contributed by atoms with van der Waals surface area (Å²) in [4.78, 5) is 10.9. The van der Waals surface area contributed by atoms with Gasteiger partial charge in [-0.1, -0.05) is 20.4 Å². The first-order valence-corrected chi connectivity index (χ1v) is 4.58. The van der Waals surface area contributed by atoms with Gasteiger partial charge in [0.25, 0.3) is 0 Å². The highest BCUT2D eigenvalue weighted by atomic mass is 16.1. The summed E-state index contributed by atoms with van der Waals surface area (Å²) in [6, 6.07) is 1.77. The van der Waals surface area contributed by atoms with E-state index in [2.05, 4.69) is 30.8 Å². The lowest BCUT2D eigenvalue weighted by atomic mass is 10.2. The van der Waals surface area contributed by atoms with Gasteiger partial charge >= 0.3 is 0 Å². The van der Waals surface area contributed by atoms with Crippen LogP contribution in [0.25, 0.3) is 0 Å². The van der Waals surface area contributed by atoms with Crippen LogP contribution in [0.2, 0.25) is 0 Å². The standard InChI is InChI=1S/C10H15N3O/c1-4-10(14)11-9-5-6-13(12-9)7-8(2)3/h4-6,8H,1,7H2,2-3H3,(H,11,12,14). The second kappa shape index (κ2) is 4.60. The Kier molecular flexibility index (Phi) is 3.45. The van der Waals surface area contributed by atoms with Crippen molar-refractivity contribution in [2.24, 2.45) is 5.92 Å². The molecule has 0 spiro atoms. The minimum Gasteiger partial charge on any atom is -0.306 e. The van der Waals surface area contributed by atoms with E-state index in [9.17, 15) is 4.79 Å².